The van der Waals surface area contributed by atoms with E-state index in [1.54, 1.807) is 0 Å². The molecule has 0 radical (unpaired) electrons. The molecule has 20 heavy (non-hydrogen) atoms. The summed E-state index contributed by atoms with van der Waals surface area (Å²) in [5, 5.41) is 15.1. The summed E-state index contributed by atoms with van der Waals surface area (Å²) < 4.78 is 1.97. The molecule has 0 aliphatic heterocycles. The highest BCUT2D eigenvalue weighted by Gasteiger charge is 2.30. The number of aromatic nitrogens is 2. The Morgan fingerprint density at radius 1 is 1.25 bits per heavy atom. The van der Waals surface area contributed by atoms with Gasteiger partial charge in [0.05, 0.1) is 11.8 Å². The van der Waals surface area contributed by atoms with Gasteiger partial charge in [-0.1, -0.05) is 44.2 Å². The van der Waals surface area contributed by atoms with Gasteiger partial charge in [-0.25, -0.2) is 0 Å². The Morgan fingerprint density at radius 2 is 1.90 bits per heavy atom. The molecule has 0 amide bonds. The first-order valence-electron chi connectivity index (χ1n) is 7.22. The summed E-state index contributed by atoms with van der Waals surface area (Å²) in [5.41, 5.74) is 2.98. The topological polar surface area (TPSA) is 38.0 Å². The summed E-state index contributed by atoms with van der Waals surface area (Å²) in [6, 6.07) is 12.3. The zero-order chi connectivity index (χ0) is 14.8. The van der Waals surface area contributed by atoms with Crippen molar-refractivity contribution in [2.24, 2.45) is 0 Å². The van der Waals surface area contributed by atoms with Gasteiger partial charge in [0.1, 0.15) is 0 Å². The van der Waals surface area contributed by atoms with Gasteiger partial charge in [0.15, 0.2) is 0 Å². The lowest BCUT2D eigenvalue weighted by molar-refractivity contribution is 0.0979. The molecule has 0 aliphatic rings. The number of rotatable bonds is 5. The van der Waals surface area contributed by atoms with Crippen LogP contribution in [0.1, 0.15) is 37.7 Å². The first-order chi connectivity index (χ1) is 9.45. The Balaban J connectivity index is 2.20. The molecule has 0 aliphatic carbocycles. The van der Waals surface area contributed by atoms with E-state index in [9.17, 15) is 5.11 Å². The second-order valence-electron chi connectivity index (χ2n) is 5.90. The maximum Gasteiger partial charge on any atom is 0.0686 e. The summed E-state index contributed by atoms with van der Waals surface area (Å²) in [7, 11) is 0. The van der Waals surface area contributed by atoms with E-state index >= 15 is 0 Å². The third kappa shape index (κ3) is 2.93. The zero-order valence-corrected chi connectivity index (χ0v) is 12.8. The Hall–Kier alpha value is -1.61. The van der Waals surface area contributed by atoms with E-state index in [0.717, 1.165) is 23.5 Å². The Kier molecular flexibility index (Phi) is 4.29. The third-order valence-corrected chi connectivity index (χ3v) is 4.04. The number of aryl methyl sites for hydroxylation is 2. The zero-order valence-electron chi connectivity index (χ0n) is 12.8. The van der Waals surface area contributed by atoms with Crippen molar-refractivity contribution in [3.8, 4) is 0 Å². The fourth-order valence-electron chi connectivity index (χ4n) is 2.55. The van der Waals surface area contributed by atoms with Crippen LogP contribution in [0.4, 0.5) is 0 Å². The van der Waals surface area contributed by atoms with Crippen molar-refractivity contribution >= 4 is 0 Å². The van der Waals surface area contributed by atoms with Crippen LogP contribution in [0.25, 0.3) is 0 Å². The SMILES string of the molecule is CCn1nc(C)cc1CC(O)C(C)(C)c1ccccc1. The molecule has 1 N–H and O–H groups in total. The molecule has 1 atom stereocenters. The lowest BCUT2D eigenvalue weighted by Crippen LogP contribution is -2.35. The normalized spacial score (nSPS) is 13.4. The fraction of sp³-hybridized carbons (Fsp3) is 0.471. The molecule has 0 saturated carbocycles. The molecular weight excluding hydrogens is 248 g/mol. The van der Waals surface area contributed by atoms with Crippen LogP contribution in [-0.2, 0) is 18.4 Å². The van der Waals surface area contributed by atoms with E-state index in [0.29, 0.717) is 6.42 Å². The summed E-state index contributed by atoms with van der Waals surface area (Å²) in [4.78, 5) is 0. The van der Waals surface area contributed by atoms with Crippen molar-refractivity contribution < 1.29 is 5.11 Å². The van der Waals surface area contributed by atoms with E-state index < -0.39 is 6.10 Å². The van der Waals surface area contributed by atoms with Gasteiger partial charge in [-0.15, -0.1) is 0 Å². The number of hydrogen-bond acceptors (Lipinski definition) is 2. The largest absolute Gasteiger partial charge is 0.392 e. The highest BCUT2D eigenvalue weighted by Crippen LogP contribution is 2.29. The number of nitrogens with zero attached hydrogens (tertiary/aromatic N) is 2. The summed E-state index contributed by atoms with van der Waals surface area (Å²) in [6.45, 7) is 9.08. The Labute approximate surface area is 121 Å². The monoisotopic (exact) mass is 272 g/mol. The van der Waals surface area contributed by atoms with Gasteiger partial charge in [-0.2, -0.15) is 5.10 Å². The molecule has 1 unspecified atom stereocenters. The van der Waals surface area contributed by atoms with E-state index in [4.69, 9.17) is 0 Å². The highest BCUT2D eigenvalue weighted by molar-refractivity contribution is 5.26. The summed E-state index contributed by atoms with van der Waals surface area (Å²) in [5.74, 6) is 0. The van der Waals surface area contributed by atoms with E-state index in [2.05, 4.69) is 44.1 Å². The van der Waals surface area contributed by atoms with Crippen LogP contribution in [-0.4, -0.2) is 21.0 Å². The van der Waals surface area contributed by atoms with Gasteiger partial charge in [-0.3, -0.25) is 4.68 Å². The Bertz CT molecular complexity index is 558. The van der Waals surface area contributed by atoms with Crippen LogP contribution in [0.15, 0.2) is 36.4 Å². The van der Waals surface area contributed by atoms with Gasteiger partial charge in [0, 0.05) is 24.1 Å². The number of benzene rings is 1. The molecule has 0 saturated heterocycles. The predicted octanol–water partition coefficient (Wildman–Crippen LogP) is 3.09. The maximum atomic E-state index is 10.7. The maximum absolute atomic E-state index is 10.7. The van der Waals surface area contributed by atoms with E-state index in [1.165, 1.54) is 0 Å². The molecule has 108 valence electrons. The second-order valence-corrected chi connectivity index (χ2v) is 5.90. The minimum absolute atomic E-state index is 0.280. The van der Waals surface area contributed by atoms with Crippen molar-refractivity contribution in [3.63, 3.8) is 0 Å². The molecule has 2 rings (SSSR count). The third-order valence-electron chi connectivity index (χ3n) is 4.04. The van der Waals surface area contributed by atoms with Gasteiger partial charge in [-0.05, 0) is 25.5 Å². The molecule has 1 aromatic carbocycles. The second kappa shape index (κ2) is 5.80. The van der Waals surface area contributed by atoms with Crippen molar-refractivity contribution in [3.05, 3.63) is 53.3 Å². The van der Waals surface area contributed by atoms with Crippen molar-refractivity contribution in [1.29, 1.82) is 0 Å². The lowest BCUT2D eigenvalue weighted by Gasteiger charge is -2.31. The first kappa shape index (κ1) is 14.8. The predicted molar refractivity (Wildman–Crippen MR) is 81.8 cm³/mol. The molecule has 0 bridgehead atoms. The van der Waals surface area contributed by atoms with Crippen LogP contribution in [0.2, 0.25) is 0 Å². The minimum Gasteiger partial charge on any atom is -0.392 e. The molecule has 2 aromatic rings. The van der Waals surface area contributed by atoms with Gasteiger partial charge in [0.2, 0.25) is 0 Å². The molecule has 1 aromatic heterocycles. The van der Waals surface area contributed by atoms with Crippen LogP contribution in [0, 0.1) is 6.92 Å². The van der Waals surface area contributed by atoms with Gasteiger partial charge in [0.25, 0.3) is 0 Å². The summed E-state index contributed by atoms with van der Waals surface area (Å²) in [6.07, 6.45) is 0.183. The number of aliphatic hydroxyl groups excluding tert-OH is 1. The van der Waals surface area contributed by atoms with Gasteiger partial charge >= 0.3 is 0 Å². The van der Waals surface area contributed by atoms with E-state index in [-0.39, 0.29) is 5.41 Å². The first-order valence-corrected chi connectivity index (χ1v) is 7.22. The Morgan fingerprint density at radius 3 is 2.50 bits per heavy atom. The molecule has 1 heterocycles. The average Bonchev–Trinajstić information content (AvgIpc) is 2.79. The lowest BCUT2D eigenvalue weighted by atomic mass is 9.78. The smallest absolute Gasteiger partial charge is 0.0686 e. The quantitative estimate of drug-likeness (QED) is 0.908. The number of aliphatic hydroxyl groups is 1. The summed E-state index contributed by atoms with van der Waals surface area (Å²) >= 11 is 0. The molecule has 3 heteroatoms. The van der Waals surface area contributed by atoms with Crippen molar-refractivity contribution in [1.82, 2.24) is 9.78 Å². The average molecular weight is 272 g/mol. The van der Waals surface area contributed by atoms with Crippen LogP contribution < -0.4 is 0 Å². The van der Waals surface area contributed by atoms with Crippen LogP contribution in [0.5, 0.6) is 0 Å². The van der Waals surface area contributed by atoms with Gasteiger partial charge < -0.3 is 5.11 Å². The standard InChI is InChI=1S/C17H24N2O/c1-5-19-15(11-13(2)18-19)12-16(20)17(3,4)14-9-7-6-8-10-14/h6-11,16,20H,5,12H2,1-4H3. The number of hydrogen-bond donors (Lipinski definition) is 1. The van der Waals surface area contributed by atoms with E-state index in [1.807, 2.05) is 29.8 Å². The molecule has 0 fully saturated rings. The van der Waals surface area contributed by atoms with Crippen LogP contribution >= 0.6 is 0 Å². The van der Waals surface area contributed by atoms with Crippen molar-refractivity contribution in [2.75, 3.05) is 0 Å². The van der Waals surface area contributed by atoms with Crippen molar-refractivity contribution in [2.45, 2.75) is 52.2 Å². The highest BCUT2D eigenvalue weighted by atomic mass is 16.3. The molecule has 0 spiro atoms. The molecule has 3 nitrogen and oxygen atoms in total. The van der Waals surface area contributed by atoms with Crippen LogP contribution in [0.3, 0.4) is 0 Å². The molecular formula is C17H24N2O. The fourth-order valence-corrected chi connectivity index (χ4v) is 2.55. The minimum atomic E-state index is -0.439.